The normalized spacial score (nSPS) is 23.1. The minimum Gasteiger partial charge on any atom is -0.337 e. The van der Waals surface area contributed by atoms with Crippen molar-refractivity contribution < 1.29 is 9.59 Å². The topological polar surface area (TPSA) is 78.7 Å². The molecule has 2 aliphatic heterocycles. The van der Waals surface area contributed by atoms with E-state index in [-0.39, 0.29) is 23.3 Å². The summed E-state index contributed by atoms with van der Waals surface area (Å²) in [5, 5.41) is 2.94. The largest absolute Gasteiger partial charge is 0.337 e. The highest BCUT2D eigenvalue weighted by molar-refractivity contribution is 7.99. The zero-order valence-electron chi connectivity index (χ0n) is 16.2. The van der Waals surface area contributed by atoms with Crippen molar-refractivity contribution in [3.8, 4) is 0 Å². The molecular weight excluding hydrogens is 360 g/mol. The van der Waals surface area contributed by atoms with Crippen molar-refractivity contribution in [3.05, 3.63) is 29.8 Å². The van der Waals surface area contributed by atoms with Crippen LogP contribution in [0.2, 0.25) is 0 Å². The van der Waals surface area contributed by atoms with Crippen LogP contribution < -0.4 is 11.1 Å². The highest BCUT2D eigenvalue weighted by atomic mass is 32.2. The molecule has 2 heterocycles. The second-order valence-corrected chi connectivity index (χ2v) is 9.35. The van der Waals surface area contributed by atoms with Crippen LogP contribution in [0.1, 0.15) is 30.6 Å². The summed E-state index contributed by atoms with van der Waals surface area (Å²) in [5.41, 5.74) is 7.48. The molecule has 0 aliphatic carbocycles. The molecule has 0 spiro atoms. The third-order valence-electron chi connectivity index (χ3n) is 5.45. The molecule has 0 radical (unpaired) electrons. The van der Waals surface area contributed by atoms with E-state index in [9.17, 15) is 9.59 Å². The van der Waals surface area contributed by atoms with Gasteiger partial charge in [0.15, 0.2) is 0 Å². The van der Waals surface area contributed by atoms with Crippen molar-refractivity contribution >= 4 is 29.3 Å². The average Bonchev–Trinajstić information content (AvgIpc) is 2.65. The minimum atomic E-state index is -0.0553. The van der Waals surface area contributed by atoms with Crippen LogP contribution in [0.25, 0.3) is 0 Å². The van der Waals surface area contributed by atoms with Crippen LogP contribution >= 0.6 is 11.8 Å². The van der Waals surface area contributed by atoms with Crippen LogP contribution in [0.5, 0.6) is 0 Å². The Labute approximate surface area is 165 Å². The van der Waals surface area contributed by atoms with Gasteiger partial charge in [-0.1, -0.05) is 19.9 Å². The van der Waals surface area contributed by atoms with Gasteiger partial charge in [-0.15, -0.1) is 0 Å². The lowest BCUT2D eigenvalue weighted by atomic mass is 9.80. The number of nitrogens with two attached hydrogens (primary N) is 1. The SMILES string of the molecule is CC1(C)CN(CC(=O)Nc2cccc(C(=O)N3CCSCC3)c2)CCC1N. The number of rotatable bonds is 4. The van der Waals surface area contributed by atoms with Crippen LogP contribution in [0.3, 0.4) is 0 Å². The van der Waals surface area contributed by atoms with Gasteiger partial charge >= 0.3 is 0 Å². The van der Waals surface area contributed by atoms with Crippen molar-refractivity contribution in [2.24, 2.45) is 11.1 Å². The third-order valence-corrected chi connectivity index (χ3v) is 6.39. The molecule has 2 fully saturated rings. The number of benzene rings is 1. The molecule has 27 heavy (non-hydrogen) atoms. The van der Waals surface area contributed by atoms with E-state index in [1.54, 1.807) is 6.07 Å². The van der Waals surface area contributed by atoms with Crippen molar-refractivity contribution in [3.63, 3.8) is 0 Å². The molecule has 1 unspecified atom stereocenters. The maximum atomic E-state index is 12.6. The van der Waals surface area contributed by atoms with Gasteiger partial charge in [0.2, 0.25) is 5.91 Å². The molecule has 0 bridgehead atoms. The number of piperidine rings is 1. The lowest BCUT2D eigenvalue weighted by molar-refractivity contribution is -0.118. The Balaban J connectivity index is 1.57. The molecule has 3 rings (SSSR count). The standard InChI is InChI=1S/C20H30N4O2S/c1-20(2)14-23(7-6-17(20)21)13-18(25)22-16-5-3-4-15(12-16)19(26)24-8-10-27-11-9-24/h3-5,12,17H,6-11,13-14,21H2,1-2H3,(H,22,25). The Hall–Kier alpha value is -1.57. The van der Waals surface area contributed by atoms with Gasteiger partial charge in [-0.25, -0.2) is 0 Å². The predicted octanol–water partition coefficient (Wildman–Crippen LogP) is 1.87. The number of likely N-dealkylation sites (tertiary alicyclic amines) is 1. The number of carbonyl (C=O) groups excluding carboxylic acids is 2. The van der Waals surface area contributed by atoms with E-state index in [0.29, 0.717) is 17.8 Å². The third kappa shape index (κ3) is 5.24. The Bertz CT molecular complexity index is 688. The highest BCUT2D eigenvalue weighted by Crippen LogP contribution is 2.27. The van der Waals surface area contributed by atoms with Gasteiger partial charge < -0.3 is 16.0 Å². The van der Waals surface area contributed by atoms with Gasteiger partial charge in [0, 0.05) is 55.0 Å². The van der Waals surface area contributed by atoms with Gasteiger partial charge in [-0.2, -0.15) is 11.8 Å². The van der Waals surface area contributed by atoms with E-state index in [2.05, 4.69) is 24.1 Å². The van der Waals surface area contributed by atoms with E-state index >= 15 is 0 Å². The van der Waals surface area contributed by atoms with E-state index in [1.807, 2.05) is 34.9 Å². The summed E-state index contributed by atoms with van der Waals surface area (Å²) in [6.07, 6.45) is 0.901. The first-order valence-electron chi connectivity index (χ1n) is 9.60. The second kappa shape index (κ2) is 8.63. The van der Waals surface area contributed by atoms with Gasteiger partial charge in [-0.3, -0.25) is 14.5 Å². The summed E-state index contributed by atoms with van der Waals surface area (Å²) >= 11 is 1.88. The molecule has 0 aromatic heterocycles. The van der Waals surface area contributed by atoms with Gasteiger partial charge in [0.05, 0.1) is 6.54 Å². The molecule has 0 saturated carbocycles. The maximum absolute atomic E-state index is 12.6. The highest BCUT2D eigenvalue weighted by Gasteiger charge is 2.33. The van der Waals surface area contributed by atoms with Gasteiger partial charge in [0.1, 0.15) is 0 Å². The predicted molar refractivity (Wildman–Crippen MR) is 111 cm³/mol. The molecule has 148 valence electrons. The van der Waals surface area contributed by atoms with Crippen LogP contribution in [-0.4, -0.2) is 71.9 Å². The number of thioether (sulfide) groups is 1. The first-order chi connectivity index (χ1) is 12.8. The number of amides is 2. The molecule has 1 aromatic rings. The van der Waals surface area contributed by atoms with E-state index < -0.39 is 0 Å². The first-order valence-corrected chi connectivity index (χ1v) is 10.8. The van der Waals surface area contributed by atoms with Crippen LogP contribution in [0.4, 0.5) is 5.69 Å². The lowest BCUT2D eigenvalue weighted by Gasteiger charge is -2.42. The fraction of sp³-hybridized carbons (Fsp3) is 0.600. The molecule has 3 N–H and O–H groups in total. The number of nitrogens with zero attached hydrogens (tertiary/aromatic N) is 2. The van der Waals surface area contributed by atoms with E-state index in [1.165, 1.54) is 0 Å². The smallest absolute Gasteiger partial charge is 0.253 e. The molecule has 2 aliphatic rings. The molecule has 6 nitrogen and oxygen atoms in total. The quantitative estimate of drug-likeness (QED) is 0.821. The minimum absolute atomic E-state index is 0.0115. The zero-order chi connectivity index (χ0) is 19.4. The number of nitrogens with one attached hydrogen (secondary N) is 1. The number of carbonyl (C=O) groups is 2. The van der Waals surface area contributed by atoms with Gasteiger partial charge in [0.25, 0.3) is 5.91 Å². The number of hydrogen-bond donors (Lipinski definition) is 2. The Morgan fingerprint density at radius 2 is 2.00 bits per heavy atom. The summed E-state index contributed by atoms with van der Waals surface area (Å²) < 4.78 is 0. The molecular formula is C20H30N4O2S. The van der Waals surface area contributed by atoms with Crippen LogP contribution in [-0.2, 0) is 4.79 Å². The molecule has 2 amide bonds. The molecule has 7 heteroatoms. The van der Waals surface area contributed by atoms with Crippen molar-refractivity contribution in [1.82, 2.24) is 9.80 Å². The lowest BCUT2D eigenvalue weighted by Crippen LogP contribution is -2.53. The second-order valence-electron chi connectivity index (χ2n) is 8.13. The maximum Gasteiger partial charge on any atom is 0.253 e. The Morgan fingerprint density at radius 1 is 1.26 bits per heavy atom. The summed E-state index contributed by atoms with van der Waals surface area (Å²) in [6.45, 7) is 7.86. The molecule has 1 aromatic carbocycles. The summed E-state index contributed by atoms with van der Waals surface area (Å²) in [7, 11) is 0. The monoisotopic (exact) mass is 390 g/mol. The summed E-state index contributed by atoms with van der Waals surface area (Å²) in [6, 6.07) is 7.42. The van der Waals surface area contributed by atoms with Crippen molar-refractivity contribution in [2.75, 3.05) is 49.5 Å². The van der Waals surface area contributed by atoms with Crippen molar-refractivity contribution in [2.45, 2.75) is 26.3 Å². The number of anilines is 1. The molecule has 2 saturated heterocycles. The van der Waals surface area contributed by atoms with E-state index in [0.717, 1.165) is 44.1 Å². The fourth-order valence-electron chi connectivity index (χ4n) is 3.70. The fourth-order valence-corrected chi connectivity index (χ4v) is 4.61. The summed E-state index contributed by atoms with van der Waals surface area (Å²) in [5.74, 6) is 1.95. The van der Waals surface area contributed by atoms with Gasteiger partial charge in [-0.05, 0) is 30.0 Å². The average molecular weight is 391 g/mol. The Morgan fingerprint density at radius 3 is 2.70 bits per heavy atom. The summed E-state index contributed by atoms with van der Waals surface area (Å²) in [4.78, 5) is 29.2. The van der Waals surface area contributed by atoms with E-state index in [4.69, 9.17) is 5.73 Å². The molecule has 1 atom stereocenters. The first kappa shape index (κ1) is 20.2. The van der Waals surface area contributed by atoms with Crippen LogP contribution in [0, 0.1) is 5.41 Å². The van der Waals surface area contributed by atoms with Crippen molar-refractivity contribution in [1.29, 1.82) is 0 Å². The Kier molecular flexibility index (Phi) is 6.44. The van der Waals surface area contributed by atoms with Crippen LogP contribution in [0.15, 0.2) is 24.3 Å². The zero-order valence-corrected chi connectivity index (χ0v) is 17.1. The number of hydrogen-bond acceptors (Lipinski definition) is 5.